The number of benzene rings is 1. The second-order valence-corrected chi connectivity index (χ2v) is 5.22. The molecule has 0 aliphatic heterocycles. The maximum absolute atomic E-state index is 13.7. The molecule has 1 amide bonds. The predicted molar refractivity (Wildman–Crippen MR) is 72.7 cm³/mol. The lowest BCUT2D eigenvalue weighted by Crippen LogP contribution is -2.27. The summed E-state index contributed by atoms with van der Waals surface area (Å²) in [5.74, 6) is -0.00814. The van der Waals surface area contributed by atoms with Crippen LogP contribution in [-0.2, 0) is 11.3 Å². The van der Waals surface area contributed by atoms with Crippen molar-refractivity contribution >= 4 is 28.5 Å². The van der Waals surface area contributed by atoms with E-state index in [1.165, 1.54) is 11.0 Å². The first-order valence-corrected chi connectivity index (χ1v) is 6.34. The Hall–Kier alpha value is -1.62. The van der Waals surface area contributed by atoms with Gasteiger partial charge in [-0.05, 0) is 19.1 Å². The summed E-state index contributed by atoms with van der Waals surface area (Å²) in [6.45, 7) is 1.84. The molecule has 0 N–H and O–H groups in total. The van der Waals surface area contributed by atoms with Crippen LogP contribution in [0.3, 0.4) is 0 Å². The van der Waals surface area contributed by atoms with Crippen LogP contribution in [-0.4, -0.2) is 34.5 Å². The maximum Gasteiger partial charge on any atom is 0.242 e. The smallest absolute Gasteiger partial charge is 0.242 e. The molecule has 0 bridgehead atoms. The molecule has 1 atom stereocenters. The molecule has 0 aliphatic rings. The number of hydrogen-bond acceptors (Lipinski definition) is 2. The van der Waals surface area contributed by atoms with Crippen molar-refractivity contribution in [2.45, 2.75) is 18.8 Å². The highest BCUT2D eigenvalue weighted by Crippen LogP contribution is 2.26. The van der Waals surface area contributed by atoms with Gasteiger partial charge in [0, 0.05) is 14.1 Å². The van der Waals surface area contributed by atoms with Gasteiger partial charge in [-0.15, -0.1) is 11.6 Å². The normalized spacial score (nSPS) is 12.7. The van der Waals surface area contributed by atoms with Crippen LogP contribution in [0.1, 0.15) is 18.1 Å². The van der Waals surface area contributed by atoms with Crippen molar-refractivity contribution in [1.82, 2.24) is 14.5 Å². The summed E-state index contributed by atoms with van der Waals surface area (Å²) in [5, 5.41) is -0.401. The summed E-state index contributed by atoms with van der Waals surface area (Å²) < 4.78 is 15.4. The van der Waals surface area contributed by atoms with Gasteiger partial charge >= 0.3 is 0 Å². The molecule has 1 aromatic carbocycles. The molecular formula is C13H15ClFN3O. The molecule has 2 aromatic rings. The molecule has 1 aromatic heterocycles. The SMILES string of the molecule is CC(Cl)c1nc2c(F)cccc2n1CC(=O)N(C)C. The van der Waals surface area contributed by atoms with Crippen LogP contribution in [0.4, 0.5) is 4.39 Å². The maximum atomic E-state index is 13.7. The van der Waals surface area contributed by atoms with Gasteiger partial charge in [-0.1, -0.05) is 6.07 Å². The van der Waals surface area contributed by atoms with Gasteiger partial charge in [0.15, 0.2) is 5.82 Å². The third-order valence-corrected chi connectivity index (χ3v) is 3.10. The number of alkyl halides is 1. The zero-order valence-electron chi connectivity index (χ0n) is 11.0. The Balaban J connectivity index is 2.59. The second-order valence-electron chi connectivity index (χ2n) is 4.57. The first-order chi connectivity index (χ1) is 8.91. The number of para-hydroxylation sites is 1. The van der Waals surface area contributed by atoms with Gasteiger partial charge in [-0.2, -0.15) is 0 Å². The Morgan fingerprint density at radius 3 is 2.79 bits per heavy atom. The van der Waals surface area contributed by atoms with Crippen LogP contribution < -0.4 is 0 Å². The first kappa shape index (κ1) is 13.8. The number of amides is 1. The Morgan fingerprint density at radius 2 is 2.21 bits per heavy atom. The number of aromatic nitrogens is 2. The van der Waals surface area contributed by atoms with Gasteiger partial charge in [0.05, 0.1) is 10.9 Å². The van der Waals surface area contributed by atoms with E-state index in [2.05, 4.69) is 4.98 Å². The molecule has 0 spiro atoms. The van der Waals surface area contributed by atoms with E-state index in [9.17, 15) is 9.18 Å². The number of halogens is 2. The van der Waals surface area contributed by atoms with Crippen molar-refractivity contribution in [2.24, 2.45) is 0 Å². The lowest BCUT2D eigenvalue weighted by molar-refractivity contribution is -0.129. The summed E-state index contributed by atoms with van der Waals surface area (Å²) in [7, 11) is 3.34. The fourth-order valence-electron chi connectivity index (χ4n) is 1.88. The monoisotopic (exact) mass is 283 g/mol. The Labute approximate surface area is 115 Å². The van der Waals surface area contributed by atoms with Gasteiger partial charge in [-0.3, -0.25) is 4.79 Å². The van der Waals surface area contributed by atoms with Crippen molar-refractivity contribution in [1.29, 1.82) is 0 Å². The van der Waals surface area contributed by atoms with E-state index < -0.39 is 11.2 Å². The fourth-order valence-corrected chi connectivity index (χ4v) is 2.04. The van der Waals surface area contributed by atoms with Crippen LogP contribution in [0.25, 0.3) is 11.0 Å². The average molecular weight is 284 g/mol. The highest BCUT2D eigenvalue weighted by atomic mass is 35.5. The van der Waals surface area contributed by atoms with Crippen molar-refractivity contribution in [3.05, 3.63) is 29.8 Å². The van der Waals surface area contributed by atoms with Crippen molar-refractivity contribution < 1.29 is 9.18 Å². The molecule has 0 saturated heterocycles. The molecule has 19 heavy (non-hydrogen) atoms. The third kappa shape index (κ3) is 2.56. The van der Waals surface area contributed by atoms with Crippen LogP contribution in [0.2, 0.25) is 0 Å². The Kier molecular flexibility index (Phi) is 3.75. The molecular weight excluding hydrogens is 269 g/mol. The molecule has 0 aliphatic carbocycles. The van der Waals surface area contributed by atoms with Crippen molar-refractivity contribution in [3.63, 3.8) is 0 Å². The number of hydrogen-bond donors (Lipinski definition) is 0. The van der Waals surface area contributed by atoms with Crippen molar-refractivity contribution in [2.75, 3.05) is 14.1 Å². The molecule has 6 heteroatoms. The summed E-state index contributed by atoms with van der Waals surface area (Å²) in [4.78, 5) is 17.5. The third-order valence-electron chi connectivity index (χ3n) is 2.91. The zero-order chi connectivity index (χ0) is 14.2. The second kappa shape index (κ2) is 5.17. The number of carbonyl (C=O) groups is 1. The fraction of sp³-hybridized carbons (Fsp3) is 0.385. The van der Waals surface area contributed by atoms with Crippen LogP contribution in [0.5, 0.6) is 0 Å². The van der Waals surface area contributed by atoms with Gasteiger partial charge in [0.1, 0.15) is 17.9 Å². The number of rotatable bonds is 3. The predicted octanol–water partition coefficient (Wildman–Crippen LogP) is 2.56. The van der Waals surface area contributed by atoms with Crippen LogP contribution >= 0.6 is 11.6 Å². The number of nitrogens with zero attached hydrogens (tertiary/aromatic N) is 3. The minimum atomic E-state index is -0.410. The van der Waals surface area contributed by atoms with E-state index in [1.807, 2.05) is 0 Å². The molecule has 1 heterocycles. The summed E-state index contributed by atoms with van der Waals surface area (Å²) in [5.41, 5.74) is 0.828. The van der Waals surface area contributed by atoms with E-state index in [1.54, 1.807) is 37.7 Å². The van der Waals surface area contributed by atoms with Gasteiger partial charge in [0.2, 0.25) is 5.91 Å². The molecule has 0 radical (unpaired) electrons. The number of likely N-dealkylation sites (N-methyl/N-ethyl adjacent to an activating group) is 1. The standard InChI is InChI=1S/C13H15ClFN3O/c1-8(14)13-16-12-9(15)5-4-6-10(12)18(13)7-11(19)17(2)3/h4-6,8H,7H2,1-3H3. The van der Waals surface area contributed by atoms with E-state index in [4.69, 9.17) is 11.6 Å². The van der Waals surface area contributed by atoms with E-state index in [0.717, 1.165) is 0 Å². The Bertz CT molecular complexity index is 622. The van der Waals surface area contributed by atoms with Gasteiger partial charge in [-0.25, -0.2) is 9.37 Å². The highest BCUT2D eigenvalue weighted by Gasteiger charge is 2.19. The summed E-state index contributed by atoms with van der Waals surface area (Å²) in [6, 6.07) is 4.67. The van der Waals surface area contributed by atoms with Crippen LogP contribution in [0.15, 0.2) is 18.2 Å². The van der Waals surface area contributed by atoms with Crippen molar-refractivity contribution in [3.8, 4) is 0 Å². The molecule has 2 rings (SSSR count). The molecule has 0 saturated carbocycles. The zero-order valence-corrected chi connectivity index (χ0v) is 11.8. The largest absolute Gasteiger partial charge is 0.347 e. The number of imidazole rings is 1. The minimum Gasteiger partial charge on any atom is -0.347 e. The topological polar surface area (TPSA) is 38.1 Å². The van der Waals surface area contributed by atoms with Crippen LogP contribution in [0, 0.1) is 5.82 Å². The van der Waals surface area contributed by atoms with E-state index >= 15 is 0 Å². The minimum absolute atomic E-state index is 0.0953. The highest BCUT2D eigenvalue weighted by molar-refractivity contribution is 6.20. The lowest BCUT2D eigenvalue weighted by atomic mass is 10.3. The summed E-state index contributed by atoms with van der Waals surface area (Å²) >= 11 is 6.06. The first-order valence-electron chi connectivity index (χ1n) is 5.90. The quantitative estimate of drug-likeness (QED) is 0.812. The molecule has 4 nitrogen and oxygen atoms in total. The van der Waals surface area contributed by atoms with Gasteiger partial charge in [0.25, 0.3) is 0 Å². The van der Waals surface area contributed by atoms with E-state index in [0.29, 0.717) is 11.3 Å². The molecule has 1 unspecified atom stereocenters. The average Bonchev–Trinajstić information content (AvgIpc) is 2.70. The Morgan fingerprint density at radius 1 is 1.53 bits per heavy atom. The number of fused-ring (bicyclic) bond motifs is 1. The summed E-state index contributed by atoms with van der Waals surface area (Å²) in [6.07, 6.45) is 0. The molecule has 102 valence electrons. The van der Waals surface area contributed by atoms with Gasteiger partial charge < -0.3 is 9.47 Å². The molecule has 0 fully saturated rings. The number of carbonyl (C=O) groups excluding carboxylic acids is 1. The lowest BCUT2D eigenvalue weighted by Gasteiger charge is -2.14. The van der Waals surface area contributed by atoms with E-state index in [-0.39, 0.29) is 18.0 Å².